The molecule has 1 saturated carbocycles. The van der Waals surface area contributed by atoms with Crippen LogP contribution in [0.4, 0.5) is 5.69 Å². The van der Waals surface area contributed by atoms with Crippen molar-refractivity contribution in [1.29, 1.82) is 0 Å². The highest BCUT2D eigenvalue weighted by Crippen LogP contribution is 2.62. The van der Waals surface area contributed by atoms with Crippen LogP contribution in [0.2, 0.25) is 0 Å². The molecule has 1 aliphatic carbocycles. The SMILES string of the molecule is O=C1[C@@H]2[C@H]3C(=O)N([C@H](CO)c4ccccc4)C4C(=O)N(C5CCCCC5)CC=C[C@@]43S[C@@H]2C=CCN1c1ccccc1. The minimum atomic E-state index is -0.908. The smallest absolute Gasteiger partial charge is 0.247 e. The Labute approximate surface area is 251 Å². The third-order valence-electron chi connectivity index (χ3n) is 9.90. The summed E-state index contributed by atoms with van der Waals surface area (Å²) in [4.78, 5) is 49.4. The number of nitrogens with zero attached hydrogens (tertiary/aromatic N) is 3. The summed E-state index contributed by atoms with van der Waals surface area (Å²) in [6, 6.07) is 17.7. The van der Waals surface area contributed by atoms with Gasteiger partial charge in [-0.15, -0.1) is 11.8 Å². The molecule has 4 aliphatic heterocycles. The zero-order valence-electron chi connectivity index (χ0n) is 23.6. The molecule has 4 heterocycles. The van der Waals surface area contributed by atoms with Gasteiger partial charge in [0.1, 0.15) is 6.04 Å². The van der Waals surface area contributed by atoms with Gasteiger partial charge in [-0.25, -0.2) is 0 Å². The van der Waals surface area contributed by atoms with Crippen molar-refractivity contribution >= 4 is 35.2 Å². The number of carbonyl (C=O) groups is 3. The predicted octanol–water partition coefficient (Wildman–Crippen LogP) is 4.35. The Morgan fingerprint density at radius 3 is 2.29 bits per heavy atom. The molecule has 7 nitrogen and oxygen atoms in total. The number of likely N-dealkylation sites (tertiary alicyclic amines) is 1. The van der Waals surface area contributed by atoms with Crippen LogP contribution in [0.1, 0.15) is 43.7 Å². The number of thioether (sulfide) groups is 1. The summed E-state index contributed by atoms with van der Waals surface area (Å²) >= 11 is 1.59. The Hall–Kier alpha value is -3.36. The Kier molecular flexibility index (Phi) is 7.22. The van der Waals surface area contributed by atoms with Crippen LogP contribution in [0.25, 0.3) is 0 Å². The molecule has 1 N–H and O–H groups in total. The standard InChI is InChI=1S/C34H37N3O4S/c38-22-26(23-12-4-1-5-13-23)37-30-33(41)36(25-16-8-3-9-17-25)21-11-19-34(30)29(32(37)40)28-27(42-34)18-10-20-35(31(28)39)24-14-6-2-7-15-24/h1-2,4-7,10-15,18-19,25-30,38H,3,8-9,16-17,20-22H2/t26-,27-,28+,29+,30?,34+/m1/s1. The normalized spacial score (nSPS) is 31.9. The van der Waals surface area contributed by atoms with E-state index in [1.54, 1.807) is 21.6 Å². The van der Waals surface area contributed by atoms with Crippen molar-refractivity contribution in [3.63, 3.8) is 0 Å². The van der Waals surface area contributed by atoms with Gasteiger partial charge in [-0.2, -0.15) is 0 Å². The number of carbonyl (C=O) groups excluding carboxylic acids is 3. The molecule has 8 heteroatoms. The number of anilines is 1. The van der Waals surface area contributed by atoms with E-state index in [1.165, 1.54) is 6.42 Å². The number of hydrogen-bond acceptors (Lipinski definition) is 5. The summed E-state index contributed by atoms with van der Waals surface area (Å²) in [5.74, 6) is -1.71. The van der Waals surface area contributed by atoms with Crippen LogP contribution in [-0.4, -0.2) is 74.4 Å². The summed E-state index contributed by atoms with van der Waals surface area (Å²) < 4.78 is -0.908. The summed E-state index contributed by atoms with van der Waals surface area (Å²) in [5, 5.41) is 10.5. The Balaban J connectivity index is 1.35. The van der Waals surface area contributed by atoms with Gasteiger partial charge in [0.25, 0.3) is 0 Å². The molecule has 42 heavy (non-hydrogen) atoms. The lowest BCUT2D eigenvalue weighted by molar-refractivity contribution is -0.147. The molecule has 3 amide bonds. The third kappa shape index (κ3) is 4.25. The van der Waals surface area contributed by atoms with Crippen LogP contribution in [0.3, 0.4) is 0 Å². The van der Waals surface area contributed by atoms with Crippen LogP contribution >= 0.6 is 11.8 Å². The second-order valence-corrected chi connectivity index (χ2v) is 13.6. The minimum absolute atomic E-state index is 0.0579. The number of aliphatic hydroxyl groups is 1. The zero-order chi connectivity index (χ0) is 28.8. The van der Waals surface area contributed by atoms with Gasteiger partial charge < -0.3 is 19.8 Å². The van der Waals surface area contributed by atoms with E-state index in [9.17, 15) is 19.5 Å². The second-order valence-electron chi connectivity index (χ2n) is 12.1. The Morgan fingerprint density at radius 2 is 1.57 bits per heavy atom. The van der Waals surface area contributed by atoms with Gasteiger partial charge in [0.05, 0.1) is 29.2 Å². The molecule has 6 atom stereocenters. The predicted molar refractivity (Wildman–Crippen MR) is 164 cm³/mol. The monoisotopic (exact) mass is 583 g/mol. The average Bonchev–Trinajstić information content (AvgIpc) is 3.34. The molecule has 2 aromatic carbocycles. The van der Waals surface area contributed by atoms with Crippen LogP contribution in [0.15, 0.2) is 85.0 Å². The summed E-state index contributed by atoms with van der Waals surface area (Å²) in [6.07, 6.45) is 13.5. The number of aliphatic hydroxyl groups excluding tert-OH is 1. The zero-order valence-corrected chi connectivity index (χ0v) is 24.4. The van der Waals surface area contributed by atoms with Crippen LogP contribution in [0.5, 0.6) is 0 Å². The van der Waals surface area contributed by atoms with Gasteiger partial charge in [0, 0.05) is 30.1 Å². The van der Waals surface area contributed by atoms with E-state index in [1.807, 2.05) is 71.6 Å². The van der Waals surface area contributed by atoms with E-state index >= 15 is 0 Å². The fraction of sp³-hybridized carbons (Fsp3) is 0.441. The molecule has 0 bridgehead atoms. The first-order chi connectivity index (χ1) is 20.5. The first kappa shape index (κ1) is 27.5. The Morgan fingerprint density at radius 1 is 0.857 bits per heavy atom. The van der Waals surface area contributed by atoms with Gasteiger partial charge in [0.2, 0.25) is 17.7 Å². The number of fused-ring (bicyclic) bond motifs is 2. The first-order valence-corrected chi connectivity index (χ1v) is 16.1. The number of para-hydroxylation sites is 1. The number of hydrogen-bond donors (Lipinski definition) is 1. The maximum atomic E-state index is 14.8. The van der Waals surface area contributed by atoms with Crippen molar-refractivity contribution in [2.45, 2.75) is 60.2 Å². The second kappa shape index (κ2) is 11.0. The van der Waals surface area contributed by atoms with E-state index in [4.69, 9.17) is 0 Å². The van der Waals surface area contributed by atoms with E-state index in [-0.39, 0.29) is 35.6 Å². The van der Waals surface area contributed by atoms with Crippen molar-refractivity contribution in [2.24, 2.45) is 11.8 Å². The van der Waals surface area contributed by atoms with Crippen molar-refractivity contribution in [3.8, 4) is 0 Å². The molecule has 3 fully saturated rings. The molecule has 1 unspecified atom stereocenters. The van der Waals surface area contributed by atoms with E-state index in [0.717, 1.165) is 36.9 Å². The summed E-state index contributed by atoms with van der Waals surface area (Å²) in [7, 11) is 0. The highest BCUT2D eigenvalue weighted by molar-refractivity contribution is 8.02. The third-order valence-corrected chi connectivity index (χ3v) is 11.6. The molecule has 2 aromatic rings. The lowest BCUT2D eigenvalue weighted by Crippen LogP contribution is -2.56. The van der Waals surface area contributed by atoms with Crippen LogP contribution in [0, 0.1) is 11.8 Å². The van der Waals surface area contributed by atoms with Crippen molar-refractivity contribution in [2.75, 3.05) is 24.6 Å². The lowest BCUT2D eigenvalue weighted by atomic mass is 9.78. The number of amides is 3. The lowest BCUT2D eigenvalue weighted by Gasteiger charge is -2.41. The van der Waals surface area contributed by atoms with E-state index < -0.39 is 28.7 Å². The first-order valence-electron chi connectivity index (χ1n) is 15.2. The fourth-order valence-electron chi connectivity index (χ4n) is 8.02. The van der Waals surface area contributed by atoms with Gasteiger partial charge in [-0.1, -0.05) is 92.1 Å². The maximum Gasteiger partial charge on any atom is 0.247 e. The minimum Gasteiger partial charge on any atom is -0.394 e. The summed E-state index contributed by atoms with van der Waals surface area (Å²) in [5.41, 5.74) is 1.58. The molecule has 1 spiro atoms. The van der Waals surface area contributed by atoms with Crippen LogP contribution in [-0.2, 0) is 14.4 Å². The molecule has 2 saturated heterocycles. The van der Waals surface area contributed by atoms with E-state index in [0.29, 0.717) is 13.1 Å². The highest BCUT2D eigenvalue weighted by atomic mass is 32.2. The van der Waals surface area contributed by atoms with E-state index in [2.05, 4.69) is 18.2 Å². The van der Waals surface area contributed by atoms with Gasteiger partial charge in [-0.05, 0) is 30.5 Å². The highest BCUT2D eigenvalue weighted by Gasteiger charge is 2.72. The molecular formula is C34H37N3O4S. The molecule has 7 rings (SSSR count). The molecule has 0 aromatic heterocycles. The van der Waals surface area contributed by atoms with Crippen molar-refractivity contribution in [3.05, 3.63) is 90.5 Å². The average molecular weight is 584 g/mol. The molecule has 0 radical (unpaired) electrons. The van der Waals surface area contributed by atoms with Gasteiger partial charge >= 0.3 is 0 Å². The largest absolute Gasteiger partial charge is 0.394 e. The topological polar surface area (TPSA) is 81.2 Å². The quantitative estimate of drug-likeness (QED) is 0.530. The van der Waals surface area contributed by atoms with Crippen molar-refractivity contribution < 1.29 is 19.5 Å². The van der Waals surface area contributed by atoms with Crippen molar-refractivity contribution in [1.82, 2.24) is 9.80 Å². The van der Waals surface area contributed by atoms with Crippen LogP contribution < -0.4 is 4.90 Å². The molecule has 5 aliphatic rings. The maximum absolute atomic E-state index is 14.8. The molecule has 218 valence electrons. The van der Waals surface area contributed by atoms with Gasteiger partial charge in [0.15, 0.2) is 0 Å². The fourth-order valence-corrected chi connectivity index (χ4v) is 10.0. The Bertz CT molecular complexity index is 1410. The molecular weight excluding hydrogens is 546 g/mol. The summed E-state index contributed by atoms with van der Waals surface area (Å²) in [6.45, 7) is 0.630. The number of rotatable bonds is 5. The van der Waals surface area contributed by atoms with Gasteiger partial charge in [-0.3, -0.25) is 14.4 Å². The number of benzene rings is 2.